The van der Waals surface area contributed by atoms with E-state index in [1.165, 1.54) is 4.90 Å². The number of aromatic nitrogens is 1. The number of hydrogen-bond acceptors (Lipinski definition) is 5. The topological polar surface area (TPSA) is 95.8 Å². The molecule has 1 aromatic heterocycles. The lowest BCUT2D eigenvalue weighted by atomic mass is 10.1. The molecule has 4 aromatic carbocycles. The number of hydrazone groups is 1. The first-order valence-electron chi connectivity index (χ1n) is 13.9. The summed E-state index contributed by atoms with van der Waals surface area (Å²) in [5, 5.41) is 6.47. The first-order chi connectivity index (χ1) is 21.4. The van der Waals surface area contributed by atoms with Crippen LogP contribution < -0.4 is 15.6 Å². The van der Waals surface area contributed by atoms with Gasteiger partial charge in [0.1, 0.15) is 0 Å². The lowest BCUT2D eigenvalue weighted by molar-refractivity contribution is -0.130. The molecule has 1 aliphatic rings. The number of aryl methyl sites for hydroxylation is 1. The maximum atomic E-state index is 13.2. The Morgan fingerprint density at radius 1 is 0.773 bits per heavy atom. The fourth-order valence-corrected chi connectivity index (χ4v) is 5.34. The summed E-state index contributed by atoms with van der Waals surface area (Å²) >= 11 is 5.24. The second kappa shape index (κ2) is 12.3. The molecule has 2 N–H and O–H groups in total. The van der Waals surface area contributed by atoms with Gasteiger partial charge in [-0.1, -0.05) is 78.4 Å². The molecule has 0 bridgehead atoms. The van der Waals surface area contributed by atoms with Crippen molar-refractivity contribution in [1.82, 2.24) is 15.3 Å². The second-order valence-corrected chi connectivity index (χ2v) is 10.6. The number of amides is 3. The predicted octanol–water partition coefficient (Wildman–Crippen LogP) is 5.90. The van der Waals surface area contributed by atoms with Crippen LogP contribution in [0.15, 0.2) is 126 Å². The van der Waals surface area contributed by atoms with E-state index < -0.39 is 23.6 Å². The Hall–Kier alpha value is -5.67. The fraction of sp³-hybridized carbons (Fsp3) is 0.0571. The number of nitrogens with one attached hydrogen (secondary N) is 2. The summed E-state index contributed by atoms with van der Waals surface area (Å²) in [6.07, 6.45) is 1.12. The van der Waals surface area contributed by atoms with Crippen LogP contribution in [0.4, 0.5) is 5.69 Å². The number of carbonyl (C=O) groups is 3. The molecule has 1 saturated heterocycles. The third-order valence-corrected chi connectivity index (χ3v) is 7.58. The zero-order valence-electron chi connectivity index (χ0n) is 23.7. The van der Waals surface area contributed by atoms with Crippen molar-refractivity contribution >= 4 is 47.0 Å². The highest BCUT2D eigenvalue weighted by Gasteiger charge is 2.38. The summed E-state index contributed by atoms with van der Waals surface area (Å²) in [5.74, 6) is -2.91. The summed E-state index contributed by atoms with van der Waals surface area (Å²) in [6, 6.07) is 38.7. The molecule has 0 unspecified atom stereocenters. The van der Waals surface area contributed by atoms with Crippen molar-refractivity contribution in [3.63, 3.8) is 0 Å². The Morgan fingerprint density at radius 2 is 1.32 bits per heavy atom. The minimum atomic E-state index is -1.26. The summed E-state index contributed by atoms with van der Waals surface area (Å²) in [7, 11) is 0. The van der Waals surface area contributed by atoms with Crippen LogP contribution >= 0.6 is 12.2 Å². The van der Waals surface area contributed by atoms with Gasteiger partial charge in [-0.25, -0.2) is 5.43 Å². The van der Waals surface area contributed by atoms with Crippen molar-refractivity contribution in [1.29, 1.82) is 0 Å². The molecule has 1 fully saturated rings. The molecule has 5 aromatic rings. The molecule has 1 atom stereocenters. The number of carbonyl (C=O) groups excluding carboxylic acids is 3. The highest BCUT2D eigenvalue weighted by Crippen LogP contribution is 2.32. The van der Waals surface area contributed by atoms with Crippen molar-refractivity contribution in [3.8, 4) is 28.2 Å². The van der Waals surface area contributed by atoms with E-state index in [0.717, 1.165) is 40.0 Å². The summed E-state index contributed by atoms with van der Waals surface area (Å²) < 4.78 is 2.15. The summed E-state index contributed by atoms with van der Waals surface area (Å²) in [4.78, 5) is 39.9. The van der Waals surface area contributed by atoms with Crippen LogP contribution in [0.25, 0.3) is 28.2 Å². The smallest absolute Gasteiger partial charge is 0.271 e. The number of rotatable bonds is 7. The molecular weight excluding hydrogens is 570 g/mol. The molecular formula is C35H27N5O3S. The summed E-state index contributed by atoms with van der Waals surface area (Å²) in [5.41, 5.74) is 9.38. The van der Waals surface area contributed by atoms with Gasteiger partial charge in [0.15, 0.2) is 11.0 Å². The molecule has 44 heavy (non-hydrogen) atoms. The van der Waals surface area contributed by atoms with E-state index in [1.807, 2.05) is 67.6 Å². The largest absolute Gasteiger partial charge is 0.309 e. The predicted molar refractivity (Wildman–Crippen MR) is 175 cm³/mol. The van der Waals surface area contributed by atoms with Gasteiger partial charge in [-0.2, -0.15) is 5.10 Å². The van der Waals surface area contributed by atoms with Gasteiger partial charge in [0.25, 0.3) is 11.8 Å². The number of anilines is 1. The monoisotopic (exact) mass is 597 g/mol. The Kier molecular flexibility index (Phi) is 7.94. The van der Waals surface area contributed by atoms with Crippen molar-refractivity contribution in [2.75, 3.05) is 4.90 Å². The van der Waals surface area contributed by atoms with E-state index in [0.29, 0.717) is 11.3 Å². The molecule has 0 spiro atoms. The average Bonchev–Trinajstić information content (AvgIpc) is 3.49. The number of thiocarbonyl (C=S) groups is 1. The van der Waals surface area contributed by atoms with Gasteiger partial charge in [0.05, 0.1) is 17.1 Å². The first kappa shape index (κ1) is 28.4. The van der Waals surface area contributed by atoms with E-state index in [1.54, 1.807) is 24.3 Å². The van der Waals surface area contributed by atoms with Crippen molar-refractivity contribution in [3.05, 3.63) is 132 Å². The molecule has 1 aliphatic heterocycles. The molecule has 9 heteroatoms. The number of hydrogen-bond donors (Lipinski definition) is 2. The van der Waals surface area contributed by atoms with Crippen molar-refractivity contribution in [2.45, 2.75) is 6.92 Å². The Balaban J connectivity index is 1.21. The van der Waals surface area contributed by atoms with E-state index >= 15 is 0 Å². The van der Waals surface area contributed by atoms with Gasteiger partial charge < -0.3 is 9.88 Å². The standard InChI is InChI=1S/C35H27N5O3S/c1-23-12-16-28(17-13-23)40-34(43)29(33(42)37-35(40)44)22-36-38-32(41)26-14-18-27(19-15-26)39-30(24-8-4-2-5-9-24)20-21-31(39)25-10-6-3-7-11-25/h2-22,29H,1H3,(H,38,41)(H,37,42,44)/b36-22+/t29-/m0/s1. The van der Waals surface area contributed by atoms with E-state index in [2.05, 4.69) is 56.8 Å². The SMILES string of the molecule is Cc1ccc(N2C(=O)[C@@H](/C=N/NC(=O)c3ccc(-n4c(-c5ccccc5)ccc4-c4ccccc4)cc3)C(=O)NC2=S)cc1. The maximum Gasteiger partial charge on any atom is 0.271 e. The van der Waals surface area contributed by atoms with Gasteiger partial charge in [0, 0.05) is 17.5 Å². The van der Waals surface area contributed by atoms with Crippen LogP contribution in [0.2, 0.25) is 0 Å². The molecule has 0 radical (unpaired) electrons. The van der Waals surface area contributed by atoms with Crippen molar-refractivity contribution in [2.24, 2.45) is 11.0 Å². The normalized spacial score (nSPS) is 15.0. The Morgan fingerprint density at radius 3 is 1.89 bits per heavy atom. The van der Waals surface area contributed by atoms with Gasteiger partial charge in [0.2, 0.25) is 5.91 Å². The van der Waals surface area contributed by atoms with Gasteiger partial charge >= 0.3 is 0 Å². The van der Waals surface area contributed by atoms with Crippen LogP contribution in [-0.4, -0.2) is 33.6 Å². The minimum Gasteiger partial charge on any atom is -0.309 e. The number of benzene rings is 4. The van der Waals surface area contributed by atoms with Gasteiger partial charge in [-0.05, 0) is 78.8 Å². The fourth-order valence-electron chi connectivity index (χ4n) is 5.04. The molecule has 216 valence electrons. The maximum absolute atomic E-state index is 13.2. The van der Waals surface area contributed by atoms with E-state index in [-0.39, 0.29) is 5.11 Å². The lowest BCUT2D eigenvalue weighted by Crippen LogP contribution is -2.58. The molecule has 3 amide bonds. The molecule has 6 rings (SSSR count). The van der Waals surface area contributed by atoms with Crippen LogP contribution in [-0.2, 0) is 9.59 Å². The minimum absolute atomic E-state index is 0.00818. The summed E-state index contributed by atoms with van der Waals surface area (Å²) in [6.45, 7) is 1.93. The average molecular weight is 598 g/mol. The van der Waals surface area contributed by atoms with Crippen LogP contribution in [0.5, 0.6) is 0 Å². The zero-order chi connectivity index (χ0) is 30.6. The quantitative estimate of drug-likeness (QED) is 0.106. The van der Waals surface area contributed by atoms with E-state index in [4.69, 9.17) is 12.2 Å². The first-order valence-corrected chi connectivity index (χ1v) is 14.3. The number of nitrogens with zero attached hydrogens (tertiary/aromatic N) is 3. The highest BCUT2D eigenvalue weighted by molar-refractivity contribution is 7.80. The Bertz CT molecular complexity index is 1830. The van der Waals surface area contributed by atoms with Gasteiger partial charge in [-0.3, -0.25) is 19.3 Å². The van der Waals surface area contributed by atoms with Crippen LogP contribution in [0.1, 0.15) is 15.9 Å². The van der Waals surface area contributed by atoms with E-state index in [9.17, 15) is 14.4 Å². The lowest BCUT2D eigenvalue weighted by Gasteiger charge is -2.30. The molecule has 2 heterocycles. The molecule has 0 saturated carbocycles. The Labute approximate surface area is 259 Å². The highest BCUT2D eigenvalue weighted by atomic mass is 32.1. The third-order valence-electron chi connectivity index (χ3n) is 7.29. The molecule has 8 nitrogen and oxygen atoms in total. The van der Waals surface area contributed by atoms with Crippen LogP contribution in [0, 0.1) is 12.8 Å². The second-order valence-electron chi connectivity index (χ2n) is 10.2. The third kappa shape index (κ3) is 5.68. The van der Waals surface area contributed by atoms with Crippen molar-refractivity contribution < 1.29 is 14.4 Å². The zero-order valence-corrected chi connectivity index (χ0v) is 24.5. The van der Waals surface area contributed by atoms with Gasteiger partial charge in [-0.15, -0.1) is 0 Å². The van der Waals surface area contributed by atoms with Crippen LogP contribution in [0.3, 0.4) is 0 Å². The molecule has 0 aliphatic carbocycles.